The Morgan fingerprint density at radius 2 is 2.16 bits per heavy atom. The highest BCUT2D eigenvalue weighted by Gasteiger charge is 2.27. The molecule has 0 spiro atoms. The SMILES string of the molecule is O=C(NCC1CC(O)C1)c1cc(Br)cc([N+](=O)[O-])c1. The predicted molar refractivity (Wildman–Crippen MR) is 71.9 cm³/mol. The Morgan fingerprint density at radius 3 is 2.74 bits per heavy atom. The van der Waals surface area contributed by atoms with Crippen molar-refractivity contribution in [2.24, 2.45) is 5.92 Å². The summed E-state index contributed by atoms with van der Waals surface area (Å²) in [6.07, 6.45) is 1.13. The molecule has 0 aromatic heterocycles. The van der Waals surface area contributed by atoms with Crippen LogP contribution in [0.25, 0.3) is 0 Å². The van der Waals surface area contributed by atoms with Crippen LogP contribution in [0.2, 0.25) is 0 Å². The predicted octanol–water partition coefficient (Wildman–Crippen LogP) is 1.86. The van der Waals surface area contributed by atoms with Crippen molar-refractivity contribution in [1.29, 1.82) is 0 Å². The molecule has 102 valence electrons. The number of non-ortho nitro benzene ring substituents is 1. The lowest BCUT2D eigenvalue weighted by molar-refractivity contribution is -0.385. The number of benzene rings is 1. The molecule has 2 rings (SSSR count). The summed E-state index contributed by atoms with van der Waals surface area (Å²) in [5, 5.41) is 22.6. The van der Waals surface area contributed by atoms with Crippen LogP contribution in [-0.2, 0) is 0 Å². The number of carbonyl (C=O) groups excluding carboxylic acids is 1. The number of nitro groups is 1. The zero-order valence-electron chi connectivity index (χ0n) is 10.0. The van der Waals surface area contributed by atoms with Crippen LogP contribution in [0.5, 0.6) is 0 Å². The molecular weight excluding hydrogens is 316 g/mol. The van der Waals surface area contributed by atoms with Gasteiger partial charge in [-0.1, -0.05) is 15.9 Å². The summed E-state index contributed by atoms with van der Waals surface area (Å²) in [4.78, 5) is 22.1. The van der Waals surface area contributed by atoms with Crippen LogP contribution in [0.4, 0.5) is 5.69 Å². The molecule has 0 saturated heterocycles. The maximum absolute atomic E-state index is 11.9. The van der Waals surface area contributed by atoms with Crippen molar-refractivity contribution in [1.82, 2.24) is 5.32 Å². The second kappa shape index (κ2) is 5.66. The number of hydrogen-bond donors (Lipinski definition) is 2. The molecule has 0 bridgehead atoms. The molecule has 0 atom stereocenters. The van der Waals surface area contributed by atoms with E-state index in [1.807, 2.05) is 0 Å². The second-order valence-electron chi connectivity index (χ2n) is 4.66. The molecule has 1 amide bonds. The minimum absolute atomic E-state index is 0.126. The van der Waals surface area contributed by atoms with Crippen molar-refractivity contribution in [3.8, 4) is 0 Å². The molecular formula is C12H13BrN2O4. The number of nitrogens with zero attached hydrogens (tertiary/aromatic N) is 1. The van der Waals surface area contributed by atoms with E-state index in [9.17, 15) is 14.9 Å². The van der Waals surface area contributed by atoms with Gasteiger partial charge in [0.2, 0.25) is 0 Å². The topological polar surface area (TPSA) is 92.5 Å². The van der Waals surface area contributed by atoms with Gasteiger partial charge in [0.15, 0.2) is 0 Å². The van der Waals surface area contributed by atoms with Crippen LogP contribution in [0.3, 0.4) is 0 Å². The molecule has 19 heavy (non-hydrogen) atoms. The summed E-state index contributed by atoms with van der Waals surface area (Å²) in [5.41, 5.74) is 0.125. The van der Waals surface area contributed by atoms with Gasteiger partial charge in [-0.3, -0.25) is 14.9 Å². The number of amides is 1. The summed E-state index contributed by atoms with van der Waals surface area (Å²) in [6, 6.07) is 4.13. The Morgan fingerprint density at radius 1 is 1.47 bits per heavy atom. The van der Waals surface area contributed by atoms with Gasteiger partial charge in [-0.2, -0.15) is 0 Å². The van der Waals surface area contributed by atoms with E-state index in [1.165, 1.54) is 18.2 Å². The largest absolute Gasteiger partial charge is 0.393 e. The Bertz CT molecular complexity index is 514. The normalized spacial score (nSPS) is 21.6. The highest BCUT2D eigenvalue weighted by atomic mass is 79.9. The highest BCUT2D eigenvalue weighted by molar-refractivity contribution is 9.10. The van der Waals surface area contributed by atoms with E-state index in [0.29, 0.717) is 29.8 Å². The summed E-state index contributed by atoms with van der Waals surface area (Å²) in [6.45, 7) is 0.482. The monoisotopic (exact) mass is 328 g/mol. The first-order valence-electron chi connectivity index (χ1n) is 5.87. The Balaban J connectivity index is 2.00. The zero-order valence-corrected chi connectivity index (χ0v) is 11.6. The lowest BCUT2D eigenvalue weighted by Gasteiger charge is -2.31. The molecule has 1 aromatic rings. The molecule has 1 saturated carbocycles. The van der Waals surface area contributed by atoms with Gasteiger partial charge in [-0.15, -0.1) is 0 Å². The van der Waals surface area contributed by atoms with E-state index in [0.717, 1.165) is 0 Å². The Kier molecular flexibility index (Phi) is 4.16. The summed E-state index contributed by atoms with van der Waals surface area (Å²) >= 11 is 3.14. The van der Waals surface area contributed by atoms with Crippen LogP contribution >= 0.6 is 15.9 Å². The molecule has 0 unspecified atom stereocenters. The smallest absolute Gasteiger partial charge is 0.271 e. The van der Waals surface area contributed by atoms with Gasteiger partial charge in [0.1, 0.15) is 0 Å². The number of halogens is 1. The second-order valence-corrected chi connectivity index (χ2v) is 5.57. The van der Waals surface area contributed by atoms with Gasteiger partial charge in [-0.05, 0) is 24.8 Å². The van der Waals surface area contributed by atoms with E-state index in [4.69, 9.17) is 5.11 Å². The maximum atomic E-state index is 11.9. The number of nitro benzene ring substituents is 1. The highest BCUT2D eigenvalue weighted by Crippen LogP contribution is 2.26. The molecule has 1 aromatic carbocycles. The number of carbonyl (C=O) groups is 1. The van der Waals surface area contributed by atoms with Gasteiger partial charge >= 0.3 is 0 Å². The van der Waals surface area contributed by atoms with Gasteiger partial charge in [0.05, 0.1) is 11.0 Å². The quantitative estimate of drug-likeness (QED) is 0.651. The number of nitrogens with one attached hydrogen (secondary N) is 1. The first kappa shape index (κ1) is 14.0. The standard InChI is InChI=1S/C12H13BrN2O4/c13-9-3-8(4-10(5-9)15(18)19)12(17)14-6-7-1-11(16)2-7/h3-5,7,11,16H,1-2,6H2,(H,14,17). The minimum atomic E-state index is -0.538. The van der Waals surface area contributed by atoms with E-state index in [-0.39, 0.29) is 23.3 Å². The molecule has 1 aliphatic rings. The maximum Gasteiger partial charge on any atom is 0.271 e. The Hall–Kier alpha value is -1.47. The van der Waals surface area contributed by atoms with E-state index >= 15 is 0 Å². The number of aliphatic hydroxyl groups is 1. The third-order valence-electron chi connectivity index (χ3n) is 3.12. The summed E-state index contributed by atoms with van der Waals surface area (Å²) in [5.74, 6) is -0.0492. The van der Waals surface area contributed by atoms with Gasteiger partial charge in [0, 0.05) is 28.7 Å². The molecule has 7 heteroatoms. The van der Waals surface area contributed by atoms with Crippen molar-refractivity contribution >= 4 is 27.5 Å². The molecule has 0 radical (unpaired) electrons. The summed E-state index contributed by atoms with van der Waals surface area (Å²) < 4.78 is 0.492. The van der Waals surface area contributed by atoms with Crippen molar-refractivity contribution in [3.05, 3.63) is 38.3 Å². The van der Waals surface area contributed by atoms with Crippen LogP contribution < -0.4 is 5.32 Å². The van der Waals surface area contributed by atoms with Crippen molar-refractivity contribution in [2.75, 3.05) is 6.54 Å². The van der Waals surface area contributed by atoms with Crippen LogP contribution in [0.15, 0.2) is 22.7 Å². The molecule has 1 fully saturated rings. The first-order chi connectivity index (χ1) is 8.95. The van der Waals surface area contributed by atoms with Crippen LogP contribution in [0, 0.1) is 16.0 Å². The average molecular weight is 329 g/mol. The number of rotatable bonds is 4. The van der Waals surface area contributed by atoms with Crippen LogP contribution in [-0.4, -0.2) is 28.6 Å². The van der Waals surface area contributed by atoms with Gasteiger partial charge in [0.25, 0.3) is 11.6 Å². The number of hydrogen-bond acceptors (Lipinski definition) is 4. The van der Waals surface area contributed by atoms with Crippen LogP contribution in [0.1, 0.15) is 23.2 Å². The van der Waals surface area contributed by atoms with Crippen molar-refractivity contribution in [2.45, 2.75) is 18.9 Å². The van der Waals surface area contributed by atoms with E-state index in [2.05, 4.69) is 21.2 Å². The lowest BCUT2D eigenvalue weighted by atomic mass is 9.82. The lowest BCUT2D eigenvalue weighted by Crippen LogP contribution is -2.38. The average Bonchev–Trinajstić information content (AvgIpc) is 2.32. The van der Waals surface area contributed by atoms with Crippen molar-refractivity contribution in [3.63, 3.8) is 0 Å². The van der Waals surface area contributed by atoms with Crippen molar-refractivity contribution < 1.29 is 14.8 Å². The minimum Gasteiger partial charge on any atom is -0.393 e. The van der Waals surface area contributed by atoms with E-state index < -0.39 is 4.92 Å². The zero-order chi connectivity index (χ0) is 14.0. The first-order valence-corrected chi connectivity index (χ1v) is 6.66. The molecule has 2 N–H and O–H groups in total. The molecule has 0 aliphatic heterocycles. The third kappa shape index (κ3) is 3.51. The fourth-order valence-electron chi connectivity index (χ4n) is 2.02. The molecule has 0 heterocycles. The van der Waals surface area contributed by atoms with Gasteiger partial charge < -0.3 is 10.4 Å². The molecule has 1 aliphatic carbocycles. The number of aliphatic hydroxyl groups excluding tert-OH is 1. The molecule has 6 nitrogen and oxygen atoms in total. The fourth-order valence-corrected chi connectivity index (χ4v) is 2.50. The Labute approximate surface area is 118 Å². The fraction of sp³-hybridized carbons (Fsp3) is 0.417. The van der Waals surface area contributed by atoms with E-state index in [1.54, 1.807) is 0 Å². The van der Waals surface area contributed by atoms with Gasteiger partial charge in [-0.25, -0.2) is 0 Å². The summed E-state index contributed by atoms with van der Waals surface area (Å²) in [7, 11) is 0. The third-order valence-corrected chi connectivity index (χ3v) is 3.58.